The van der Waals surface area contributed by atoms with Gasteiger partial charge in [0.2, 0.25) is 0 Å². The van der Waals surface area contributed by atoms with Crippen molar-refractivity contribution in [3.8, 4) is 0 Å². The second-order valence-corrected chi connectivity index (χ2v) is 5.64. The van der Waals surface area contributed by atoms with Gasteiger partial charge in [-0.15, -0.1) is 0 Å². The van der Waals surface area contributed by atoms with Crippen molar-refractivity contribution in [3.05, 3.63) is 0 Å². The monoisotopic (exact) mass is 254 g/mol. The SMILES string of the molecule is CCCCCCOC(=O)C(CC)C1CCCCC1. The number of carbonyl (C=O) groups is 1. The van der Waals surface area contributed by atoms with E-state index < -0.39 is 0 Å². The first-order chi connectivity index (χ1) is 8.79. The lowest BCUT2D eigenvalue weighted by molar-refractivity contribution is -0.151. The van der Waals surface area contributed by atoms with E-state index in [1.807, 2.05) is 0 Å². The lowest BCUT2D eigenvalue weighted by Crippen LogP contribution is -2.27. The summed E-state index contributed by atoms with van der Waals surface area (Å²) in [7, 11) is 0. The molecule has 106 valence electrons. The zero-order valence-electron chi connectivity index (χ0n) is 12.2. The van der Waals surface area contributed by atoms with Crippen LogP contribution in [0.3, 0.4) is 0 Å². The predicted octanol–water partition coefficient (Wildman–Crippen LogP) is 4.72. The zero-order valence-corrected chi connectivity index (χ0v) is 12.2. The molecular weight excluding hydrogens is 224 g/mol. The molecule has 0 heterocycles. The summed E-state index contributed by atoms with van der Waals surface area (Å²) in [5.41, 5.74) is 0. The Morgan fingerprint density at radius 2 is 1.83 bits per heavy atom. The Kier molecular flexibility index (Phi) is 8.11. The summed E-state index contributed by atoms with van der Waals surface area (Å²) in [6.45, 7) is 4.95. The molecule has 1 saturated carbocycles. The molecule has 1 aliphatic rings. The van der Waals surface area contributed by atoms with Gasteiger partial charge in [0.15, 0.2) is 0 Å². The van der Waals surface area contributed by atoms with Crippen molar-refractivity contribution < 1.29 is 9.53 Å². The largest absolute Gasteiger partial charge is 0.465 e. The van der Waals surface area contributed by atoms with E-state index in [9.17, 15) is 4.79 Å². The minimum atomic E-state index is 0.0703. The molecule has 0 spiro atoms. The minimum Gasteiger partial charge on any atom is -0.465 e. The van der Waals surface area contributed by atoms with E-state index >= 15 is 0 Å². The topological polar surface area (TPSA) is 26.3 Å². The molecule has 0 amide bonds. The first-order valence-electron chi connectivity index (χ1n) is 7.96. The summed E-state index contributed by atoms with van der Waals surface area (Å²) in [6.07, 6.45) is 12.0. The van der Waals surface area contributed by atoms with E-state index in [1.54, 1.807) is 0 Å². The van der Waals surface area contributed by atoms with Crippen molar-refractivity contribution in [2.45, 2.75) is 78.1 Å². The molecule has 0 N–H and O–H groups in total. The molecule has 1 atom stereocenters. The highest BCUT2D eigenvalue weighted by Crippen LogP contribution is 2.32. The van der Waals surface area contributed by atoms with Gasteiger partial charge in [0, 0.05) is 0 Å². The molecule has 2 heteroatoms. The molecule has 0 aromatic heterocycles. The van der Waals surface area contributed by atoms with Gasteiger partial charge in [-0.3, -0.25) is 4.79 Å². The third kappa shape index (κ3) is 5.41. The molecule has 0 radical (unpaired) electrons. The number of rotatable bonds is 8. The van der Waals surface area contributed by atoms with Crippen molar-refractivity contribution in [2.24, 2.45) is 11.8 Å². The molecular formula is C16H30O2. The number of esters is 1. The molecule has 0 bridgehead atoms. The van der Waals surface area contributed by atoms with Gasteiger partial charge in [0.05, 0.1) is 12.5 Å². The summed E-state index contributed by atoms with van der Waals surface area (Å²) in [4.78, 5) is 12.1. The van der Waals surface area contributed by atoms with Gasteiger partial charge >= 0.3 is 5.97 Å². The first kappa shape index (κ1) is 15.5. The summed E-state index contributed by atoms with van der Waals surface area (Å²) >= 11 is 0. The van der Waals surface area contributed by atoms with Crippen LogP contribution in [0.15, 0.2) is 0 Å². The number of ether oxygens (including phenoxy) is 1. The van der Waals surface area contributed by atoms with Crippen LogP contribution in [0.2, 0.25) is 0 Å². The van der Waals surface area contributed by atoms with Crippen molar-refractivity contribution in [2.75, 3.05) is 6.61 Å². The van der Waals surface area contributed by atoms with Crippen molar-refractivity contribution >= 4 is 5.97 Å². The molecule has 0 aromatic rings. The van der Waals surface area contributed by atoms with Gasteiger partial charge in [0.1, 0.15) is 0 Å². The highest BCUT2D eigenvalue weighted by Gasteiger charge is 2.28. The maximum Gasteiger partial charge on any atom is 0.309 e. The molecule has 1 unspecified atom stereocenters. The van der Waals surface area contributed by atoms with Crippen LogP contribution < -0.4 is 0 Å². The molecule has 1 fully saturated rings. The van der Waals surface area contributed by atoms with Gasteiger partial charge in [-0.05, 0) is 31.6 Å². The van der Waals surface area contributed by atoms with Gasteiger partial charge in [0.25, 0.3) is 0 Å². The molecule has 1 rings (SSSR count). The van der Waals surface area contributed by atoms with Crippen LogP contribution in [0.5, 0.6) is 0 Å². The second-order valence-electron chi connectivity index (χ2n) is 5.64. The smallest absolute Gasteiger partial charge is 0.309 e. The summed E-state index contributed by atoms with van der Waals surface area (Å²) in [5.74, 6) is 0.823. The highest BCUT2D eigenvalue weighted by atomic mass is 16.5. The molecule has 2 nitrogen and oxygen atoms in total. The average molecular weight is 254 g/mol. The zero-order chi connectivity index (χ0) is 13.2. The minimum absolute atomic E-state index is 0.0703. The van der Waals surface area contributed by atoms with Crippen LogP contribution in [-0.4, -0.2) is 12.6 Å². The summed E-state index contributed by atoms with van der Waals surface area (Å²) in [6, 6.07) is 0. The van der Waals surface area contributed by atoms with Crippen LogP contribution in [0.4, 0.5) is 0 Å². The molecule has 0 aliphatic heterocycles. The molecule has 0 aromatic carbocycles. The maximum absolute atomic E-state index is 12.1. The van der Waals surface area contributed by atoms with Crippen molar-refractivity contribution in [3.63, 3.8) is 0 Å². The van der Waals surface area contributed by atoms with E-state index in [0.717, 1.165) is 12.8 Å². The van der Waals surface area contributed by atoms with Crippen LogP contribution in [0.25, 0.3) is 0 Å². The van der Waals surface area contributed by atoms with Gasteiger partial charge in [-0.2, -0.15) is 0 Å². The van der Waals surface area contributed by atoms with E-state index in [1.165, 1.54) is 51.4 Å². The predicted molar refractivity (Wildman–Crippen MR) is 75.5 cm³/mol. The van der Waals surface area contributed by atoms with Crippen molar-refractivity contribution in [1.29, 1.82) is 0 Å². The Morgan fingerprint density at radius 3 is 2.44 bits per heavy atom. The van der Waals surface area contributed by atoms with Crippen molar-refractivity contribution in [1.82, 2.24) is 0 Å². The Morgan fingerprint density at radius 1 is 1.11 bits per heavy atom. The first-order valence-corrected chi connectivity index (χ1v) is 7.96. The van der Waals surface area contributed by atoms with Gasteiger partial charge < -0.3 is 4.74 Å². The summed E-state index contributed by atoms with van der Waals surface area (Å²) in [5, 5.41) is 0. The number of hydrogen-bond donors (Lipinski definition) is 0. The third-order valence-corrected chi connectivity index (χ3v) is 4.20. The number of unbranched alkanes of at least 4 members (excludes halogenated alkanes) is 3. The standard InChI is InChI=1S/C16H30O2/c1-3-5-6-10-13-18-16(17)15(4-2)14-11-8-7-9-12-14/h14-15H,3-13H2,1-2H3. The van der Waals surface area contributed by atoms with Crippen LogP contribution >= 0.6 is 0 Å². The van der Waals surface area contributed by atoms with E-state index in [0.29, 0.717) is 12.5 Å². The second kappa shape index (κ2) is 9.41. The van der Waals surface area contributed by atoms with Crippen LogP contribution in [0.1, 0.15) is 78.1 Å². The fourth-order valence-corrected chi connectivity index (χ4v) is 3.04. The lowest BCUT2D eigenvalue weighted by Gasteiger charge is -2.28. The number of hydrogen-bond acceptors (Lipinski definition) is 2. The Bertz CT molecular complexity index is 219. The molecule has 18 heavy (non-hydrogen) atoms. The normalized spacial score (nSPS) is 18.6. The molecule has 0 saturated heterocycles. The maximum atomic E-state index is 12.1. The fourth-order valence-electron chi connectivity index (χ4n) is 3.04. The lowest BCUT2D eigenvalue weighted by atomic mass is 9.79. The summed E-state index contributed by atoms with van der Waals surface area (Å²) < 4.78 is 5.46. The average Bonchev–Trinajstić information content (AvgIpc) is 2.40. The van der Waals surface area contributed by atoms with Crippen LogP contribution in [0, 0.1) is 11.8 Å². The van der Waals surface area contributed by atoms with Crippen LogP contribution in [-0.2, 0) is 9.53 Å². The van der Waals surface area contributed by atoms with E-state index in [-0.39, 0.29) is 11.9 Å². The Balaban J connectivity index is 2.23. The molecule has 1 aliphatic carbocycles. The highest BCUT2D eigenvalue weighted by molar-refractivity contribution is 5.72. The fraction of sp³-hybridized carbons (Fsp3) is 0.938. The Hall–Kier alpha value is -0.530. The third-order valence-electron chi connectivity index (χ3n) is 4.20. The van der Waals surface area contributed by atoms with E-state index in [4.69, 9.17) is 4.74 Å². The quantitative estimate of drug-likeness (QED) is 0.463. The van der Waals surface area contributed by atoms with Gasteiger partial charge in [-0.25, -0.2) is 0 Å². The Labute approximate surface area is 112 Å². The van der Waals surface area contributed by atoms with Gasteiger partial charge in [-0.1, -0.05) is 52.4 Å². The van der Waals surface area contributed by atoms with E-state index in [2.05, 4.69) is 13.8 Å². The number of carbonyl (C=O) groups excluding carboxylic acids is 1.